The molecule has 0 heterocycles. The lowest BCUT2D eigenvalue weighted by Crippen LogP contribution is -2.01. The molecule has 0 saturated heterocycles. The number of rotatable bonds is 4. The zero-order chi connectivity index (χ0) is 13.8. The van der Waals surface area contributed by atoms with Crippen LogP contribution in [0.2, 0.25) is 5.02 Å². The van der Waals surface area contributed by atoms with Gasteiger partial charge in [-0.25, -0.2) is 0 Å². The Morgan fingerprint density at radius 2 is 2.00 bits per heavy atom. The average Bonchev–Trinajstić information content (AvgIpc) is 2.41. The highest BCUT2D eigenvalue weighted by atomic mass is 35.5. The van der Waals surface area contributed by atoms with Gasteiger partial charge in [-0.05, 0) is 49.1 Å². The molecule has 0 amide bonds. The Morgan fingerprint density at radius 3 is 2.63 bits per heavy atom. The molecule has 0 aromatic heterocycles. The minimum absolute atomic E-state index is 0.457. The fourth-order valence-electron chi connectivity index (χ4n) is 1.88. The molecule has 2 aromatic rings. The van der Waals surface area contributed by atoms with Gasteiger partial charge in [-0.1, -0.05) is 17.7 Å². The predicted molar refractivity (Wildman–Crippen MR) is 82.4 cm³/mol. The highest BCUT2D eigenvalue weighted by Gasteiger charge is 2.09. The van der Waals surface area contributed by atoms with E-state index in [1.165, 1.54) is 0 Å². The lowest BCUT2D eigenvalue weighted by Gasteiger charge is -2.14. The molecule has 0 bridgehead atoms. The quantitative estimate of drug-likeness (QED) is 0.835. The Labute approximate surface area is 122 Å². The van der Waals surface area contributed by atoms with Gasteiger partial charge in [-0.15, -0.1) is 11.8 Å². The number of halogens is 1. The van der Waals surface area contributed by atoms with E-state index in [1.54, 1.807) is 11.8 Å². The van der Waals surface area contributed by atoms with Gasteiger partial charge in [0.15, 0.2) is 0 Å². The molecule has 0 saturated carbocycles. The van der Waals surface area contributed by atoms with Crippen molar-refractivity contribution in [2.45, 2.75) is 18.4 Å². The summed E-state index contributed by atoms with van der Waals surface area (Å²) in [5, 5.41) is 0.710. The number of hydrogen-bond donors (Lipinski definition) is 1. The van der Waals surface area contributed by atoms with E-state index in [0.29, 0.717) is 11.6 Å². The second kappa shape index (κ2) is 6.33. The first-order chi connectivity index (χ1) is 9.15. The summed E-state index contributed by atoms with van der Waals surface area (Å²) in [7, 11) is 0. The standard InChI is InChI=1S/C15H16ClNOS/c1-10-8-11(16)6-7-13(10)18-14-4-3-5-15(19-2)12(14)9-17/h3-8H,9,17H2,1-2H3. The van der Waals surface area contributed by atoms with E-state index in [1.807, 2.05) is 43.5 Å². The molecule has 2 nitrogen and oxygen atoms in total. The molecule has 19 heavy (non-hydrogen) atoms. The van der Waals surface area contributed by atoms with Crippen molar-refractivity contribution < 1.29 is 4.74 Å². The van der Waals surface area contributed by atoms with Crippen LogP contribution in [0.15, 0.2) is 41.3 Å². The molecule has 2 rings (SSSR count). The molecule has 0 atom stereocenters. The lowest BCUT2D eigenvalue weighted by atomic mass is 10.2. The number of ether oxygens (including phenoxy) is 1. The molecule has 0 fully saturated rings. The molecular formula is C15H16ClNOS. The largest absolute Gasteiger partial charge is 0.457 e. The van der Waals surface area contributed by atoms with Gasteiger partial charge in [-0.2, -0.15) is 0 Å². The average molecular weight is 294 g/mol. The van der Waals surface area contributed by atoms with Crippen LogP contribution in [-0.2, 0) is 6.54 Å². The summed E-state index contributed by atoms with van der Waals surface area (Å²) < 4.78 is 5.98. The number of benzene rings is 2. The third kappa shape index (κ3) is 3.24. The smallest absolute Gasteiger partial charge is 0.133 e. The number of hydrogen-bond acceptors (Lipinski definition) is 3. The van der Waals surface area contributed by atoms with Crippen LogP contribution in [0, 0.1) is 6.92 Å². The van der Waals surface area contributed by atoms with Gasteiger partial charge in [0.25, 0.3) is 0 Å². The molecule has 0 aliphatic carbocycles. The Hall–Kier alpha value is -1.16. The molecule has 0 radical (unpaired) electrons. The number of thioether (sulfide) groups is 1. The maximum Gasteiger partial charge on any atom is 0.133 e. The molecule has 100 valence electrons. The van der Waals surface area contributed by atoms with Gasteiger partial charge in [0.2, 0.25) is 0 Å². The van der Waals surface area contributed by atoms with Crippen molar-refractivity contribution in [2.75, 3.05) is 6.26 Å². The van der Waals surface area contributed by atoms with E-state index in [0.717, 1.165) is 27.5 Å². The van der Waals surface area contributed by atoms with Crippen LogP contribution in [0.4, 0.5) is 0 Å². The topological polar surface area (TPSA) is 35.2 Å². The summed E-state index contributed by atoms with van der Waals surface area (Å²) in [6.07, 6.45) is 2.03. The van der Waals surface area contributed by atoms with Crippen molar-refractivity contribution in [1.29, 1.82) is 0 Å². The Balaban J connectivity index is 2.37. The third-order valence-corrected chi connectivity index (χ3v) is 3.93. The number of nitrogens with two attached hydrogens (primary N) is 1. The van der Waals surface area contributed by atoms with Gasteiger partial charge < -0.3 is 10.5 Å². The van der Waals surface area contributed by atoms with E-state index < -0.39 is 0 Å². The Morgan fingerprint density at radius 1 is 1.21 bits per heavy atom. The molecule has 0 spiro atoms. The van der Waals surface area contributed by atoms with Crippen molar-refractivity contribution in [1.82, 2.24) is 0 Å². The van der Waals surface area contributed by atoms with Crippen molar-refractivity contribution in [2.24, 2.45) is 5.73 Å². The normalized spacial score (nSPS) is 10.5. The zero-order valence-electron chi connectivity index (χ0n) is 10.9. The van der Waals surface area contributed by atoms with Crippen molar-refractivity contribution in [3.8, 4) is 11.5 Å². The van der Waals surface area contributed by atoms with Crippen molar-refractivity contribution >= 4 is 23.4 Å². The van der Waals surface area contributed by atoms with Crippen LogP contribution in [0.3, 0.4) is 0 Å². The van der Waals surface area contributed by atoms with Gasteiger partial charge in [0, 0.05) is 22.0 Å². The van der Waals surface area contributed by atoms with Gasteiger partial charge >= 0.3 is 0 Å². The molecular weight excluding hydrogens is 278 g/mol. The molecule has 2 N–H and O–H groups in total. The first-order valence-electron chi connectivity index (χ1n) is 5.95. The summed E-state index contributed by atoms with van der Waals surface area (Å²) in [5.74, 6) is 1.61. The predicted octanol–water partition coefficient (Wildman–Crippen LogP) is 4.62. The van der Waals surface area contributed by atoms with Crippen LogP contribution in [0.25, 0.3) is 0 Å². The highest BCUT2D eigenvalue weighted by Crippen LogP contribution is 2.33. The van der Waals surface area contributed by atoms with Gasteiger partial charge in [0.05, 0.1) is 0 Å². The maximum absolute atomic E-state index is 5.98. The summed E-state index contributed by atoms with van der Waals surface area (Å²) in [5.41, 5.74) is 7.86. The fourth-order valence-corrected chi connectivity index (χ4v) is 2.75. The monoisotopic (exact) mass is 293 g/mol. The SMILES string of the molecule is CSc1cccc(Oc2ccc(Cl)cc2C)c1CN. The Kier molecular flexibility index (Phi) is 4.75. The van der Waals surface area contributed by atoms with E-state index in [9.17, 15) is 0 Å². The second-order valence-corrected chi connectivity index (χ2v) is 5.44. The van der Waals surface area contributed by atoms with Crippen LogP contribution >= 0.6 is 23.4 Å². The van der Waals surface area contributed by atoms with Crippen LogP contribution in [-0.4, -0.2) is 6.26 Å². The minimum atomic E-state index is 0.457. The van der Waals surface area contributed by atoms with Crippen LogP contribution in [0.5, 0.6) is 11.5 Å². The van der Waals surface area contributed by atoms with Crippen molar-refractivity contribution in [3.63, 3.8) is 0 Å². The van der Waals surface area contributed by atoms with Gasteiger partial charge in [-0.3, -0.25) is 0 Å². The van der Waals surface area contributed by atoms with E-state index in [4.69, 9.17) is 22.1 Å². The zero-order valence-corrected chi connectivity index (χ0v) is 12.5. The van der Waals surface area contributed by atoms with Gasteiger partial charge in [0.1, 0.15) is 11.5 Å². The molecule has 0 unspecified atom stereocenters. The molecule has 0 aliphatic heterocycles. The first-order valence-corrected chi connectivity index (χ1v) is 7.56. The molecule has 0 aliphatic rings. The van der Waals surface area contributed by atoms with E-state index in [2.05, 4.69) is 6.07 Å². The second-order valence-electron chi connectivity index (χ2n) is 4.15. The summed E-state index contributed by atoms with van der Waals surface area (Å²) in [6.45, 7) is 2.43. The molecule has 4 heteroatoms. The Bertz CT molecular complexity index is 586. The third-order valence-electron chi connectivity index (χ3n) is 2.87. The summed E-state index contributed by atoms with van der Waals surface area (Å²) >= 11 is 7.62. The van der Waals surface area contributed by atoms with E-state index in [-0.39, 0.29) is 0 Å². The van der Waals surface area contributed by atoms with Crippen LogP contribution in [0.1, 0.15) is 11.1 Å². The fraction of sp³-hybridized carbons (Fsp3) is 0.200. The minimum Gasteiger partial charge on any atom is -0.457 e. The summed E-state index contributed by atoms with van der Waals surface area (Å²) in [6, 6.07) is 11.6. The lowest BCUT2D eigenvalue weighted by molar-refractivity contribution is 0.471. The highest BCUT2D eigenvalue weighted by molar-refractivity contribution is 7.98. The van der Waals surface area contributed by atoms with Crippen molar-refractivity contribution in [3.05, 3.63) is 52.5 Å². The summed E-state index contributed by atoms with van der Waals surface area (Å²) in [4.78, 5) is 1.15. The number of aryl methyl sites for hydroxylation is 1. The molecule has 2 aromatic carbocycles. The maximum atomic E-state index is 5.98. The van der Waals surface area contributed by atoms with E-state index >= 15 is 0 Å². The van der Waals surface area contributed by atoms with Crippen LogP contribution < -0.4 is 10.5 Å². The first kappa shape index (κ1) is 14.3.